The first-order valence-electron chi connectivity index (χ1n) is 9.74. The number of aliphatic hydroxyl groups is 1. The Labute approximate surface area is 173 Å². The molecule has 2 aromatic carbocycles. The van der Waals surface area contributed by atoms with E-state index in [9.17, 15) is 14.4 Å². The highest BCUT2D eigenvalue weighted by atomic mass is 16.5. The molecule has 2 heterocycles. The van der Waals surface area contributed by atoms with E-state index in [1.807, 2.05) is 12.1 Å². The van der Waals surface area contributed by atoms with Crippen LogP contribution < -0.4 is 9.64 Å². The zero-order chi connectivity index (χ0) is 21.1. The van der Waals surface area contributed by atoms with Crippen LogP contribution in [0.1, 0.15) is 26.3 Å². The molecule has 0 atom stereocenters. The summed E-state index contributed by atoms with van der Waals surface area (Å²) < 4.78 is 10.7. The molecule has 2 aliphatic heterocycles. The molecular formula is C22H22N2O6. The second kappa shape index (κ2) is 8.64. The van der Waals surface area contributed by atoms with Crippen molar-refractivity contribution in [3.8, 4) is 5.75 Å². The summed E-state index contributed by atoms with van der Waals surface area (Å²) >= 11 is 0. The average molecular weight is 410 g/mol. The summed E-state index contributed by atoms with van der Waals surface area (Å²) in [5, 5.41) is 9.11. The fraction of sp³-hybridized carbons (Fsp3) is 0.318. The molecule has 2 aliphatic rings. The molecule has 0 bridgehead atoms. The number of ketones is 1. The molecule has 4 rings (SSSR count). The zero-order valence-corrected chi connectivity index (χ0v) is 16.4. The van der Waals surface area contributed by atoms with E-state index in [0.29, 0.717) is 48.9 Å². The van der Waals surface area contributed by atoms with Crippen molar-refractivity contribution in [1.82, 2.24) is 4.90 Å². The third kappa shape index (κ3) is 4.05. The summed E-state index contributed by atoms with van der Waals surface area (Å²) in [7, 11) is 0. The van der Waals surface area contributed by atoms with Gasteiger partial charge in [0.1, 0.15) is 12.4 Å². The Hall–Kier alpha value is -3.23. The Morgan fingerprint density at radius 1 is 1.00 bits per heavy atom. The summed E-state index contributed by atoms with van der Waals surface area (Å²) in [5.41, 5.74) is 2.23. The second-order valence-corrected chi connectivity index (χ2v) is 7.13. The lowest BCUT2D eigenvalue weighted by atomic mass is 10.1. The molecule has 0 aliphatic carbocycles. The molecule has 1 N–H and O–H groups in total. The van der Waals surface area contributed by atoms with Crippen LogP contribution in [0.25, 0.3) is 0 Å². The summed E-state index contributed by atoms with van der Waals surface area (Å²) in [6.07, 6.45) is 0. The van der Waals surface area contributed by atoms with E-state index in [2.05, 4.69) is 0 Å². The normalized spacial score (nSPS) is 16.1. The standard InChI is InChI=1S/C22H22N2O6/c25-13-19(26)17-5-6-20-18(11-17)24(21(27)14-30-20)12-15-1-3-16(4-2-15)22(28)23-7-9-29-10-8-23/h1-6,11,25H,7-10,12-14H2. The fourth-order valence-corrected chi connectivity index (χ4v) is 3.52. The number of carbonyl (C=O) groups is 3. The van der Waals surface area contributed by atoms with E-state index in [1.165, 1.54) is 0 Å². The molecule has 0 aromatic heterocycles. The van der Waals surface area contributed by atoms with Gasteiger partial charge in [-0.25, -0.2) is 0 Å². The molecule has 2 amide bonds. The topological polar surface area (TPSA) is 96.4 Å². The molecule has 2 aromatic rings. The summed E-state index contributed by atoms with van der Waals surface area (Å²) in [6.45, 7) is 1.83. The van der Waals surface area contributed by atoms with Gasteiger partial charge in [0.2, 0.25) is 0 Å². The number of benzene rings is 2. The van der Waals surface area contributed by atoms with Gasteiger partial charge in [0, 0.05) is 24.2 Å². The van der Waals surface area contributed by atoms with Crippen molar-refractivity contribution in [2.75, 3.05) is 44.4 Å². The lowest BCUT2D eigenvalue weighted by Crippen LogP contribution is -2.40. The fourth-order valence-electron chi connectivity index (χ4n) is 3.52. The van der Waals surface area contributed by atoms with Gasteiger partial charge in [0.05, 0.1) is 25.4 Å². The van der Waals surface area contributed by atoms with Gasteiger partial charge in [-0.05, 0) is 35.9 Å². The lowest BCUT2D eigenvalue weighted by molar-refractivity contribution is -0.121. The van der Waals surface area contributed by atoms with E-state index in [4.69, 9.17) is 14.6 Å². The number of anilines is 1. The Morgan fingerprint density at radius 3 is 2.40 bits per heavy atom. The molecule has 30 heavy (non-hydrogen) atoms. The molecule has 8 heteroatoms. The Kier molecular flexibility index (Phi) is 5.78. The van der Waals surface area contributed by atoms with Crippen molar-refractivity contribution in [3.05, 3.63) is 59.2 Å². The molecule has 8 nitrogen and oxygen atoms in total. The Morgan fingerprint density at radius 2 is 1.70 bits per heavy atom. The van der Waals surface area contributed by atoms with Crippen molar-refractivity contribution in [2.24, 2.45) is 0 Å². The minimum atomic E-state index is -0.605. The summed E-state index contributed by atoms with van der Waals surface area (Å²) in [5.74, 6) is -0.195. The predicted octanol–water partition coefficient (Wildman–Crippen LogP) is 1.26. The molecule has 0 spiro atoms. The molecule has 1 saturated heterocycles. The monoisotopic (exact) mass is 410 g/mol. The van der Waals surface area contributed by atoms with E-state index >= 15 is 0 Å². The van der Waals surface area contributed by atoms with Crippen molar-refractivity contribution < 1.29 is 29.0 Å². The summed E-state index contributed by atoms with van der Waals surface area (Å²) in [6, 6.07) is 11.9. The first-order chi connectivity index (χ1) is 14.6. The highest BCUT2D eigenvalue weighted by Gasteiger charge is 2.27. The van der Waals surface area contributed by atoms with Crippen molar-refractivity contribution in [1.29, 1.82) is 0 Å². The number of nitrogens with zero attached hydrogens (tertiary/aromatic N) is 2. The third-order valence-corrected chi connectivity index (χ3v) is 5.21. The minimum absolute atomic E-state index is 0.0372. The van der Waals surface area contributed by atoms with Crippen molar-refractivity contribution in [3.63, 3.8) is 0 Å². The number of aliphatic hydroxyl groups excluding tert-OH is 1. The number of morpholine rings is 1. The van der Waals surface area contributed by atoms with Gasteiger partial charge in [-0.1, -0.05) is 12.1 Å². The van der Waals surface area contributed by atoms with Crippen molar-refractivity contribution >= 4 is 23.3 Å². The molecule has 1 fully saturated rings. The Balaban J connectivity index is 1.53. The van der Waals surface area contributed by atoms with Crippen molar-refractivity contribution in [2.45, 2.75) is 6.54 Å². The molecule has 0 unspecified atom stereocenters. The molecule has 0 radical (unpaired) electrons. The van der Waals surface area contributed by atoms with E-state index in [1.54, 1.807) is 40.1 Å². The zero-order valence-electron chi connectivity index (χ0n) is 16.4. The maximum atomic E-state index is 12.6. The van der Waals surface area contributed by atoms with Gasteiger partial charge in [-0.15, -0.1) is 0 Å². The van der Waals surface area contributed by atoms with Gasteiger partial charge in [-0.3, -0.25) is 14.4 Å². The van der Waals surface area contributed by atoms with Gasteiger partial charge >= 0.3 is 0 Å². The second-order valence-electron chi connectivity index (χ2n) is 7.13. The first kappa shape index (κ1) is 20.1. The maximum absolute atomic E-state index is 12.6. The van der Waals surface area contributed by atoms with Gasteiger partial charge in [0.15, 0.2) is 12.4 Å². The molecular weight excluding hydrogens is 388 g/mol. The van der Waals surface area contributed by atoms with E-state index < -0.39 is 12.4 Å². The van der Waals surface area contributed by atoms with Gasteiger partial charge < -0.3 is 24.4 Å². The molecule has 156 valence electrons. The van der Waals surface area contributed by atoms with E-state index in [0.717, 1.165) is 5.56 Å². The Bertz CT molecular complexity index is 966. The number of carbonyl (C=O) groups excluding carboxylic acids is 3. The number of rotatable bonds is 5. The van der Waals surface area contributed by atoms with Crippen LogP contribution in [0.15, 0.2) is 42.5 Å². The predicted molar refractivity (Wildman–Crippen MR) is 108 cm³/mol. The van der Waals surface area contributed by atoms with Crippen LogP contribution >= 0.6 is 0 Å². The first-order valence-corrected chi connectivity index (χ1v) is 9.74. The van der Waals surface area contributed by atoms with Gasteiger partial charge in [0.25, 0.3) is 11.8 Å². The number of hydrogen-bond acceptors (Lipinski definition) is 6. The number of fused-ring (bicyclic) bond motifs is 1. The molecule has 0 saturated carbocycles. The highest BCUT2D eigenvalue weighted by Crippen LogP contribution is 2.34. The summed E-state index contributed by atoms with van der Waals surface area (Å²) in [4.78, 5) is 40.2. The van der Waals surface area contributed by atoms with Crippen LogP contribution in [0.4, 0.5) is 5.69 Å². The highest BCUT2D eigenvalue weighted by molar-refractivity contribution is 6.02. The minimum Gasteiger partial charge on any atom is -0.482 e. The lowest BCUT2D eigenvalue weighted by Gasteiger charge is -2.30. The van der Waals surface area contributed by atoms with Crippen LogP contribution in [-0.2, 0) is 16.1 Å². The number of Topliss-reactive ketones (excluding diaryl/α,β-unsaturated/α-hetero) is 1. The van der Waals surface area contributed by atoms with Crippen LogP contribution in [0.3, 0.4) is 0 Å². The average Bonchev–Trinajstić information content (AvgIpc) is 2.80. The SMILES string of the molecule is O=C(CO)c1ccc2c(c1)N(Cc1ccc(C(=O)N3CCOCC3)cc1)C(=O)CO2. The smallest absolute Gasteiger partial charge is 0.265 e. The van der Waals surface area contributed by atoms with Crippen LogP contribution in [0.5, 0.6) is 5.75 Å². The number of amides is 2. The number of ether oxygens (including phenoxy) is 2. The largest absolute Gasteiger partial charge is 0.482 e. The van der Waals surface area contributed by atoms with Gasteiger partial charge in [-0.2, -0.15) is 0 Å². The third-order valence-electron chi connectivity index (χ3n) is 5.21. The number of hydrogen-bond donors (Lipinski definition) is 1. The maximum Gasteiger partial charge on any atom is 0.265 e. The van der Waals surface area contributed by atoms with Crippen LogP contribution in [-0.4, -0.2) is 67.1 Å². The van der Waals surface area contributed by atoms with Crippen LogP contribution in [0.2, 0.25) is 0 Å². The van der Waals surface area contributed by atoms with Crippen LogP contribution in [0, 0.1) is 0 Å². The quantitative estimate of drug-likeness (QED) is 0.746. The van der Waals surface area contributed by atoms with E-state index in [-0.39, 0.29) is 25.0 Å².